The molecule has 0 fully saturated rings. The van der Waals surface area contributed by atoms with Gasteiger partial charge in [0.05, 0.1) is 21.8 Å². The van der Waals surface area contributed by atoms with E-state index in [1.54, 1.807) is 6.07 Å². The molecule has 45 heavy (non-hydrogen) atoms. The van der Waals surface area contributed by atoms with Gasteiger partial charge in [0.15, 0.2) is 0 Å². The van der Waals surface area contributed by atoms with Crippen molar-refractivity contribution in [2.45, 2.75) is 58.5 Å². The summed E-state index contributed by atoms with van der Waals surface area (Å²) in [5.41, 5.74) is 2.89. The number of nitrogens with one attached hydrogen (secondary N) is 2. The maximum atomic E-state index is 14.3. The minimum absolute atomic E-state index is 0.104. The predicted molar refractivity (Wildman–Crippen MR) is 171 cm³/mol. The van der Waals surface area contributed by atoms with E-state index in [2.05, 4.69) is 45.8 Å². The number of halogens is 2. The van der Waals surface area contributed by atoms with Gasteiger partial charge in [-0.2, -0.15) is 4.98 Å². The monoisotopic (exact) mass is 655 g/mol. The third-order valence-electron chi connectivity index (χ3n) is 6.79. The van der Waals surface area contributed by atoms with Crippen molar-refractivity contribution in [3.63, 3.8) is 0 Å². The molecule has 0 aliphatic carbocycles. The molecule has 0 radical (unpaired) electrons. The van der Waals surface area contributed by atoms with Gasteiger partial charge in [-0.3, -0.25) is 0 Å². The Morgan fingerprint density at radius 3 is 2.38 bits per heavy atom. The Bertz CT molecular complexity index is 1790. The molecule has 0 saturated carbocycles. The molecule has 4 rings (SSSR count). The van der Waals surface area contributed by atoms with Crippen LogP contribution in [0, 0.1) is 25.1 Å². The first kappa shape index (κ1) is 33.8. The Morgan fingerprint density at radius 1 is 1.02 bits per heavy atom. The number of anilines is 1. The van der Waals surface area contributed by atoms with Crippen molar-refractivity contribution < 1.29 is 27.4 Å². The largest absolute Gasteiger partial charge is 0.478 e. The van der Waals surface area contributed by atoms with Gasteiger partial charge >= 0.3 is 5.97 Å². The summed E-state index contributed by atoms with van der Waals surface area (Å²) in [5.74, 6) is -1.89. The van der Waals surface area contributed by atoms with Gasteiger partial charge in [-0.15, -0.1) is 0 Å². The summed E-state index contributed by atoms with van der Waals surface area (Å²) >= 11 is 5.97. The molecule has 10 nitrogen and oxygen atoms in total. The average molecular weight is 656 g/mol. The van der Waals surface area contributed by atoms with Crippen molar-refractivity contribution in [3.05, 3.63) is 94.0 Å². The maximum Gasteiger partial charge on any atom is 0.335 e. The second-order valence-electron chi connectivity index (χ2n) is 11.8. The highest BCUT2D eigenvalue weighted by molar-refractivity contribution is 7.92. The fourth-order valence-electron chi connectivity index (χ4n) is 4.80. The Hall–Kier alpha value is -4.13. The summed E-state index contributed by atoms with van der Waals surface area (Å²) in [5, 5.41) is 12.8. The number of carboxylic acid groups (broad SMARTS) is 1. The van der Waals surface area contributed by atoms with E-state index in [1.165, 1.54) is 30.3 Å². The second-order valence-corrected chi connectivity index (χ2v) is 13.9. The van der Waals surface area contributed by atoms with E-state index in [1.807, 2.05) is 32.0 Å². The molecule has 0 bridgehead atoms. The van der Waals surface area contributed by atoms with E-state index in [-0.39, 0.29) is 57.7 Å². The van der Waals surface area contributed by atoms with Crippen molar-refractivity contribution in [2.75, 3.05) is 11.3 Å². The standard InChI is InChI=1S/C32H35ClFN5O5S/c1-19-8-6-9-20(2)29(19)25-15-28(38-31(37-25)39-45(42,43)23-11-7-10-21(14-23)30(40)41)44-18-22(16-32(3,4)5)35-17-26-24(34)12-13-27(33)36-26/h6-15,22,35H,16-18H2,1-5H3,(H,40,41)(H,37,38,39)/t22-/m1/s1. The van der Waals surface area contributed by atoms with Gasteiger partial charge in [0, 0.05) is 24.2 Å². The van der Waals surface area contributed by atoms with Crippen LogP contribution in [0.25, 0.3) is 11.3 Å². The maximum absolute atomic E-state index is 14.3. The van der Waals surface area contributed by atoms with Crippen LogP contribution in [-0.2, 0) is 16.6 Å². The molecule has 1 atom stereocenters. The zero-order valence-corrected chi connectivity index (χ0v) is 27.1. The molecule has 13 heteroatoms. The minimum atomic E-state index is -4.27. The summed E-state index contributed by atoms with van der Waals surface area (Å²) in [6.45, 7) is 10.2. The van der Waals surface area contributed by atoms with E-state index in [0.717, 1.165) is 22.8 Å². The molecular formula is C32H35ClFN5O5S. The molecule has 4 aromatic rings. The molecule has 0 aliphatic rings. The number of nitrogens with zero attached hydrogens (tertiary/aromatic N) is 3. The second kappa shape index (κ2) is 13.9. The zero-order chi connectivity index (χ0) is 32.9. The Kier molecular flexibility index (Phi) is 10.4. The number of rotatable bonds is 12. The van der Waals surface area contributed by atoms with Gasteiger partial charge in [-0.25, -0.2) is 32.3 Å². The van der Waals surface area contributed by atoms with Crippen LogP contribution in [0.3, 0.4) is 0 Å². The molecule has 0 aliphatic heterocycles. The molecule has 2 aromatic carbocycles. The number of aryl methyl sites for hydroxylation is 2. The first-order valence-corrected chi connectivity index (χ1v) is 16.0. The highest BCUT2D eigenvalue weighted by atomic mass is 35.5. The van der Waals surface area contributed by atoms with Crippen molar-refractivity contribution in [1.29, 1.82) is 0 Å². The summed E-state index contributed by atoms with van der Waals surface area (Å²) in [6.07, 6.45) is 0.642. The minimum Gasteiger partial charge on any atom is -0.478 e. The van der Waals surface area contributed by atoms with Crippen LogP contribution in [0.4, 0.5) is 10.3 Å². The van der Waals surface area contributed by atoms with Gasteiger partial charge in [0.2, 0.25) is 11.8 Å². The average Bonchev–Trinajstić information content (AvgIpc) is 2.95. The third-order valence-corrected chi connectivity index (χ3v) is 8.33. The van der Waals surface area contributed by atoms with Crippen LogP contribution in [0.15, 0.2) is 65.6 Å². The molecule has 0 saturated heterocycles. The van der Waals surface area contributed by atoms with Crippen molar-refractivity contribution in [3.8, 4) is 17.1 Å². The van der Waals surface area contributed by atoms with Gasteiger partial charge < -0.3 is 15.2 Å². The summed E-state index contributed by atoms with van der Waals surface area (Å²) in [4.78, 5) is 24.1. The summed E-state index contributed by atoms with van der Waals surface area (Å²) in [6, 6.07) is 14.7. The number of carboxylic acids is 1. The summed E-state index contributed by atoms with van der Waals surface area (Å²) in [7, 11) is -4.27. The lowest BCUT2D eigenvalue weighted by atomic mass is 9.88. The van der Waals surface area contributed by atoms with Crippen LogP contribution in [0.1, 0.15) is 54.4 Å². The molecule has 238 valence electrons. The number of carbonyl (C=O) groups is 1. The van der Waals surface area contributed by atoms with Gasteiger partial charge in [-0.05, 0) is 67.1 Å². The quantitative estimate of drug-likeness (QED) is 0.147. The van der Waals surface area contributed by atoms with Crippen molar-refractivity contribution in [1.82, 2.24) is 20.3 Å². The molecular weight excluding hydrogens is 621 g/mol. The highest BCUT2D eigenvalue weighted by Crippen LogP contribution is 2.30. The fraction of sp³-hybridized carbons (Fsp3) is 0.312. The number of aromatic carboxylic acids is 1. The van der Waals surface area contributed by atoms with Crippen LogP contribution >= 0.6 is 11.6 Å². The number of sulfonamides is 1. The van der Waals surface area contributed by atoms with Gasteiger partial charge in [0.25, 0.3) is 10.0 Å². The van der Waals surface area contributed by atoms with Crippen molar-refractivity contribution in [2.24, 2.45) is 5.41 Å². The highest BCUT2D eigenvalue weighted by Gasteiger charge is 2.23. The molecule has 2 aromatic heterocycles. The first-order chi connectivity index (χ1) is 21.1. The first-order valence-electron chi connectivity index (χ1n) is 14.1. The van der Waals surface area contributed by atoms with Crippen molar-refractivity contribution >= 4 is 33.5 Å². The number of hydrogen-bond acceptors (Lipinski definition) is 8. The van der Waals surface area contributed by atoms with Crippen LogP contribution in [0.2, 0.25) is 5.15 Å². The molecule has 2 heterocycles. The van der Waals surface area contributed by atoms with E-state index in [9.17, 15) is 22.7 Å². The SMILES string of the molecule is Cc1cccc(C)c1-c1cc(OC[C@@H](CC(C)(C)C)NCc2nc(Cl)ccc2F)nc(NS(=O)(=O)c2cccc(C(=O)O)c2)n1. The van der Waals surface area contributed by atoms with Crippen LogP contribution < -0.4 is 14.8 Å². The summed E-state index contributed by atoms with van der Waals surface area (Å²) < 4.78 is 49.4. The van der Waals surface area contributed by atoms with Crippen LogP contribution in [0.5, 0.6) is 5.88 Å². The topological polar surface area (TPSA) is 143 Å². The third kappa shape index (κ3) is 9.19. The Balaban J connectivity index is 1.67. The van der Waals surface area contributed by atoms with E-state index >= 15 is 0 Å². The zero-order valence-electron chi connectivity index (χ0n) is 25.6. The number of hydrogen-bond donors (Lipinski definition) is 3. The van der Waals surface area contributed by atoms with E-state index in [4.69, 9.17) is 16.3 Å². The lowest BCUT2D eigenvalue weighted by molar-refractivity contribution is 0.0696. The molecule has 0 unspecified atom stereocenters. The number of ether oxygens (including phenoxy) is 1. The predicted octanol–water partition coefficient (Wildman–Crippen LogP) is 6.42. The molecule has 3 N–H and O–H groups in total. The van der Waals surface area contributed by atoms with E-state index in [0.29, 0.717) is 12.1 Å². The number of pyridine rings is 1. The number of benzene rings is 2. The lowest BCUT2D eigenvalue weighted by Gasteiger charge is -2.27. The normalized spacial score (nSPS) is 12.5. The number of aromatic nitrogens is 3. The van der Waals surface area contributed by atoms with Gasteiger partial charge in [-0.1, -0.05) is 56.6 Å². The Morgan fingerprint density at radius 2 is 1.71 bits per heavy atom. The molecule has 0 spiro atoms. The fourth-order valence-corrected chi connectivity index (χ4v) is 5.96. The molecule has 0 amide bonds. The van der Waals surface area contributed by atoms with Gasteiger partial charge in [0.1, 0.15) is 17.6 Å². The van der Waals surface area contributed by atoms with E-state index < -0.39 is 21.8 Å². The lowest BCUT2D eigenvalue weighted by Crippen LogP contribution is -2.38. The smallest absolute Gasteiger partial charge is 0.335 e. The Labute approximate surface area is 267 Å². The van der Waals surface area contributed by atoms with Crippen LogP contribution in [-0.4, -0.2) is 47.1 Å².